The van der Waals surface area contributed by atoms with Gasteiger partial charge in [0.1, 0.15) is 0 Å². The summed E-state index contributed by atoms with van der Waals surface area (Å²) in [5.41, 5.74) is 8.51. The van der Waals surface area contributed by atoms with E-state index in [0.29, 0.717) is 5.41 Å². The molecule has 2 saturated heterocycles. The van der Waals surface area contributed by atoms with Gasteiger partial charge in [-0.2, -0.15) is 0 Å². The Bertz CT molecular complexity index is 400. The summed E-state index contributed by atoms with van der Waals surface area (Å²) in [7, 11) is 2.22. The molecule has 0 unspecified atom stereocenters. The van der Waals surface area contributed by atoms with Crippen molar-refractivity contribution in [3.63, 3.8) is 0 Å². The Morgan fingerprint density at radius 1 is 1.42 bits per heavy atom. The number of rotatable bonds is 3. The highest BCUT2D eigenvalue weighted by molar-refractivity contribution is 5.52. The van der Waals surface area contributed by atoms with Crippen LogP contribution in [0.5, 0.6) is 0 Å². The minimum Gasteiger partial charge on any atom is -0.390 e. The predicted molar refractivity (Wildman–Crippen MR) is 80.9 cm³/mol. The molecule has 2 heterocycles. The summed E-state index contributed by atoms with van der Waals surface area (Å²) in [5, 5.41) is 0. The van der Waals surface area contributed by atoms with Gasteiger partial charge in [0.2, 0.25) is 0 Å². The molecule has 4 heteroatoms. The van der Waals surface area contributed by atoms with E-state index in [0.717, 1.165) is 6.54 Å². The molecule has 0 aromatic rings. The van der Waals surface area contributed by atoms with Gasteiger partial charge in [-0.05, 0) is 52.4 Å². The van der Waals surface area contributed by atoms with Crippen LogP contribution >= 0.6 is 0 Å². The molecule has 106 valence electrons. The van der Waals surface area contributed by atoms with Gasteiger partial charge in [0.25, 0.3) is 0 Å². The lowest BCUT2D eigenvalue weighted by atomic mass is 9.68. The van der Waals surface area contributed by atoms with Crippen molar-refractivity contribution < 1.29 is 0 Å². The average Bonchev–Trinajstić information content (AvgIpc) is 2.38. The van der Waals surface area contributed by atoms with Gasteiger partial charge in [-0.3, -0.25) is 0 Å². The van der Waals surface area contributed by atoms with Crippen LogP contribution in [0.1, 0.15) is 26.7 Å². The number of allylic oxidation sites excluding steroid dienone is 1. The maximum Gasteiger partial charge on any atom is 0.0852 e. The lowest BCUT2D eigenvalue weighted by Crippen LogP contribution is -2.58. The Hall–Kier alpha value is -1.29. The Labute approximate surface area is 116 Å². The Morgan fingerprint density at radius 2 is 2.11 bits per heavy atom. The summed E-state index contributed by atoms with van der Waals surface area (Å²) in [6.45, 7) is 8.88. The van der Waals surface area contributed by atoms with E-state index < -0.39 is 0 Å². The van der Waals surface area contributed by atoms with E-state index in [9.17, 15) is 0 Å². The smallest absolute Gasteiger partial charge is 0.0852 e. The molecule has 0 atom stereocenters. The van der Waals surface area contributed by atoms with Crippen LogP contribution in [0.15, 0.2) is 28.5 Å². The zero-order valence-electron chi connectivity index (χ0n) is 12.4. The molecule has 2 fully saturated rings. The number of nitrogens with two attached hydrogens (primary N) is 1. The first-order valence-corrected chi connectivity index (χ1v) is 7.10. The molecule has 1 spiro atoms. The highest BCUT2D eigenvalue weighted by Crippen LogP contribution is 2.49. The summed E-state index contributed by atoms with van der Waals surface area (Å²) in [6.07, 6.45) is 8.09. The Kier molecular flexibility index (Phi) is 4.30. The summed E-state index contributed by atoms with van der Waals surface area (Å²) in [5.74, 6) is 0. The highest BCUT2D eigenvalue weighted by Gasteiger charge is 2.48. The number of aliphatic imine (C=N–C) groups is 1. The minimum absolute atomic E-state index is 0.457. The topological polar surface area (TPSA) is 44.9 Å². The summed E-state index contributed by atoms with van der Waals surface area (Å²) >= 11 is 0. The number of likely N-dealkylation sites (tertiary alicyclic amines) is 2. The molecule has 0 aliphatic carbocycles. The van der Waals surface area contributed by atoms with Gasteiger partial charge in [-0.25, -0.2) is 4.99 Å². The SMILES string of the molecule is CC=C1N(C/C(C)=C\N=CN)CC12CCN(C)CC2. The molecular formula is C15H26N4. The Morgan fingerprint density at radius 3 is 2.68 bits per heavy atom. The molecule has 2 rings (SSSR count). The second-order valence-electron chi connectivity index (χ2n) is 5.89. The molecule has 0 aromatic carbocycles. The van der Waals surface area contributed by atoms with Crippen LogP contribution in [0.25, 0.3) is 0 Å². The van der Waals surface area contributed by atoms with Crippen molar-refractivity contribution in [2.24, 2.45) is 16.1 Å². The van der Waals surface area contributed by atoms with Crippen molar-refractivity contribution >= 4 is 6.34 Å². The van der Waals surface area contributed by atoms with Gasteiger partial charge in [0.15, 0.2) is 0 Å². The third-order valence-corrected chi connectivity index (χ3v) is 4.42. The summed E-state index contributed by atoms with van der Waals surface area (Å²) in [4.78, 5) is 8.89. The monoisotopic (exact) mass is 262 g/mol. The minimum atomic E-state index is 0.457. The molecule has 0 bridgehead atoms. The van der Waals surface area contributed by atoms with Crippen molar-refractivity contribution in [3.8, 4) is 0 Å². The van der Waals surface area contributed by atoms with E-state index in [-0.39, 0.29) is 0 Å². The van der Waals surface area contributed by atoms with Crippen molar-refractivity contribution in [1.82, 2.24) is 9.80 Å². The quantitative estimate of drug-likeness (QED) is 0.623. The largest absolute Gasteiger partial charge is 0.390 e. The first kappa shape index (κ1) is 14.1. The second kappa shape index (κ2) is 5.78. The van der Waals surface area contributed by atoms with Crippen molar-refractivity contribution in [2.75, 3.05) is 33.2 Å². The normalized spacial score (nSPS) is 26.4. The summed E-state index contributed by atoms with van der Waals surface area (Å²) < 4.78 is 0. The molecule has 2 N–H and O–H groups in total. The number of piperidine rings is 1. The van der Waals surface area contributed by atoms with Gasteiger partial charge in [-0.1, -0.05) is 6.08 Å². The fourth-order valence-corrected chi connectivity index (χ4v) is 3.38. The zero-order chi connectivity index (χ0) is 13.9. The molecule has 19 heavy (non-hydrogen) atoms. The molecule has 0 aromatic heterocycles. The van der Waals surface area contributed by atoms with E-state index in [4.69, 9.17) is 5.73 Å². The van der Waals surface area contributed by atoms with Crippen molar-refractivity contribution in [3.05, 3.63) is 23.5 Å². The number of hydrogen-bond acceptors (Lipinski definition) is 3. The van der Waals surface area contributed by atoms with Gasteiger partial charge < -0.3 is 15.5 Å². The number of nitrogens with zero attached hydrogens (tertiary/aromatic N) is 3. The van der Waals surface area contributed by atoms with E-state index in [1.165, 1.54) is 50.1 Å². The van der Waals surface area contributed by atoms with Gasteiger partial charge >= 0.3 is 0 Å². The third-order valence-electron chi connectivity index (χ3n) is 4.42. The van der Waals surface area contributed by atoms with Crippen LogP contribution in [-0.4, -0.2) is 49.4 Å². The fourth-order valence-electron chi connectivity index (χ4n) is 3.38. The van der Waals surface area contributed by atoms with Crippen LogP contribution < -0.4 is 5.73 Å². The molecule has 0 amide bonds. The van der Waals surface area contributed by atoms with Crippen molar-refractivity contribution in [2.45, 2.75) is 26.7 Å². The van der Waals surface area contributed by atoms with Gasteiger partial charge in [0.05, 0.1) is 6.34 Å². The van der Waals surface area contributed by atoms with E-state index in [1.54, 1.807) is 0 Å². The summed E-state index contributed by atoms with van der Waals surface area (Å²) in [6, 6.07) is 0. The molecule has 2 aliphatic rings. The third kappa shape index (κ3) is 2.84. The second-order valence-corrected chi connectivity index (χ2v) is 5.89. The van der Waals surface area contributed by atoms with Crippen LogP contribution in [0.4, 0.5) is 0 Å². The first-order chi connectivity index (χ1) is 9.11. The van der Waals surface area contributed by atoms with E-state index >= 15 is 0 Å². The fraction of sp³-hybridized carbons (Fsp3) is 0.667. The van der Waals surface area contributed by atoms with E-state index in [2.05, 4.69) is 41.8 Å². The average molecular weight is 262 g/mol. The van der Waals surface area contributed by atoms with Gasteiger partial charge in [-0.15, -0.1) is 0 Å². The Balaban J connectivity index is 1.97. The molecule has 0 saturated carbocycles. The van der Waals surface area contributed by atoms with Gasteiger partial charge in [0, 0.05) is 30.4 Å². The van der Waals surface area contributed by atoms with Crippen LogP contribution in [0.2, 0.25) is 0 Å². The standard InChI is InChI=1S/C15H26N4/c1-4-14-15(5-7-18(3)8-6-15)11-19(14)10-13(2)9-17-12-16/h4,9,12H,5-8,10-11H2,1-3H3,(H2,16,17)/b13-9-,14-4?. The first-order valence-electron chi connectivity index (χ1n) is 7.10. The molecular weight excluding hydrogens is 236 g/mol. The molecule has 0 radical (unpaired) electrons. The maximum absolute atomic E-state index is 5.27. The number of hydrogen-bond donors (Lipinski definition) is 1. The molecule has 4 nitrogen and oxygen atoms in total. The van der Waals surface area contributed by atoms with E-state index in [1.807, 2.05) is 6.20 Å². The van der Waals surface area contributed by atoms with Crippen LogP contribution in [0, 0.1) is 5.41 Å². The lowest BCUT2D eigenvalue weighted by molar-refractivity contribution is 0.0209. The van der Waals surface area contributed by atoms with Crippen LogP contribution in [0.3, 0.4) is 0 Å². The highest BCUT2D eigenvalue weighted by atomic mass is 15.2. The van der Waals surface area contributed by atoms with Crippen LogP contribution in [-0.2, 0) is 0 Å². The lowest BCUT2D eigenvalue weighted by Gasteiger charge is -2.57. The zero-order valence-corrected chi connectivity index (χ0v) is 12.4. The molecule has 2 aliphatic heterocycles. The van der Waals surface area contributed by atoms with Crippen molar-refractivity contribution in [1.29, 1.82) is 0 Å². The predicted octanol–water partition coefficient (Wildman–Crippen LogP) is 1.81. The maximum atomic E-state index is 5.27.